The lowest BCUT2D eigenvalue weighted by atomic mass is 9.60. The van der Waals surface area contributed by atoms with Crippen molar-refractivity contribution in [3.8, 4) is 17.2 Å². The molecule has 4 unspecified atom stereocenters. The highest BCUT2D eigenvalue weighted by atomic mass is 35.5. The summed E-state index contributed by atoms with van der Waals surface area (Å²) < 4.78 is 24.7. The van der Waals surface area contributed by atoms with Gasteiger partial charge in [0.1, 0.15) is 27.7 Å². The van der Waals surface area contributed by atoms with Crippen molar-refractivity contribution in [2.24, 2.45) is 11.8 Å². The van der Waals surface area contributed by atoms with Gasteiger partial charge >= 0.3 is 0 Å². The molecule has 0 bridgehead atoms. The maximum atomic E-state index is 14.4. The fraction of sp³-hybridized carbons (Fsp3) is 0.581. The van der Waals surface area contributed by atoms with Crippen LogP contribution in [0.4, 0.5) is 0 Å². The van der Waals surface area contributed by atoms with Gasteiger partial charge in [0.05, 0.1) is 32.8 Å². The van der Waals surface area contributed by atoms with Crippen molar-refractivity contribution in [1.29, 1.82) is 0 Å². The molecule has 206 valence electrons. The Bertz CT molecular complexity index is 1160. The Balaban J connectivity index is 1.60. The number of Topliss-reactive ketones (excluding diaryl/α,β-unsaturated/α-hetero) is 1. The number of piperidine rings is 1. The van der Waals surface area contributed by atoms with Gasteiger partial charge in [-0.15, -0.1) is 0 Å². The molecule has 2 aliphatic heterocycles. The van der Waals surface area contributed by atoms with Crippen LogP contribution in [-0.2, 0) is 11.3 Å². The van der Waals surface area contributed by atoms with Gasteiger partial charge in [0.2, 0.25) is 0 Å². The highest BCUT2D eigenvalue weighted by Gasteiger charge is 2.61. The molecule has 6 atom stereocenters. The van der Waals surface area contributed by atoms with Gasteiger partial charge in [-0.2, -0.15) is 0 Å². The number of ketones is 1. The number of carbonyl (C=O) groups is 1. The normalized spacial score (nSPS) is 30.6. The van der Waals surface area contributed by atoms with E-state index in [9.17, 15) is 4.79 Å². The molecule has 0 aromatic heterocycles. The first-order chi connectivity index (χ1) is 18.3. The summed E-state index contributed by atoms with van der Waals surface area (Å²) in [4.78, 5) is 17.1. The lowest BCUT2D eigenvalue weighted by molar-refractivity contribution is -0.166. The molecule has 5 rings (SSSR count). The number of carbonyl (C=O) groups excluding carboxylic acids is 1. The highest BCUT2D eigenvalue weighted by molar-refractivity contribution is 6.34. The van der Waals surface area contributed by atoms with Crippen molar-refractivity contribution in [3.63, 3.8) is 0 Å². The minimum absolute atomic E-state index is 0.0228. The lowest BCUT2D eigenvalue weighted by Gasteiger charge is -2.58. The van der Waals surface area contributed by atoms with E-state index in [4.69, 9.17) is 30.5 Å². The molecule has 0 N–H and O–H groups in total. The molecule has 1 saturated heterocycles. The molecule has 2 aromatic rings. The van der Waals surface area contributed by atoms with Crippen LogP contribution in [0.3, 0.4) is 0 Å². The molecule has 38 heavy (non-hydrogen) atoms. The van der Waals surface area contributed by atoms with Crippen LogP contribution >= 0.6 is 11.6 Å². The standard InChI is InChI=1S/C31H40ClNO5/c1-6-7-15-33-19(2)13-14-21-22(33)17-31(3)26(29(21)37-18-20-11-9-8-10-12-20)28(34)25-23(35-4)16-24(36-5)27(32)30(25)38-31/h8-12,16,19,21-22,26,29H,6-7,13-15,17-18H2,1-5H3/t19?,21?,22?,26-,29?,31-/m0/s1. The third-order valence-corrected chi connectivity index (χ3v) is 9.30. The summed E-state index contributed by atoms with van der Waals surface area (Å²) in [6.07, 6.45) is 4.86. The Morgan fingerprint density at radius 3 is 2.55 bits per heavy atom. The zero-order valence-corrected chi connectivity index (χ0v) is 23.9. The SMILES string of the molecule is CCCCN1C(C)CCC2C(OCc3ccccc3)[C@@H]3C(=O)c4c(OC)cc(OC)c(Cl)c4O[C@@]3(C)CC21. The maximum absolute atomic E-state index is 14.4. The molecule has 2 aromatic carbocycles. The average Bonchev–Trinajstić information content (AvgIpc) is 2.91. The van der Waals surface area contributed by atoms with Crippen molar-refractivity contribution >= 4 is 17.4 Å². The molecule has 6 nitrogen and oxygen atoms in total. The van der Waals surface area contributed by atoms with Crippen LogP contribution in [0.2, 0.25) is 5.02 Å². The van der Waals surface area contributed by atoms with E-state index in [0.29, 0.717) is 40.5 Å². The van der Waals surface area contributed by atoms with Crippen molar-refractivity contribution in [2.75, 3.05) is 20.8 Å². The third kappa shape index (κ3) is 4.69. The monoisotopic (exact) mass is 541 g/mol. The number of likely N-dealkylation sites (tertiary alicyclic amines) is 1. The van der Waals surface area contributed by atoms with Crippen LogP contribution in [0.5, 0.6) is 17.2 Å². The number of fused-ring (bicyclic) bond motifs is 3. The number of ether oxygens (including phenoxy) is 4. The van der Waals surface area contributed by atoms with Gasteiger partial charge in [0.25, 0.3) is 0 Å². The second kappa shape index (κ2) is 11.1. The van der Waals surface area contributed by atoms with Crippen molar-refractivity contribution in [3.05, 3.63) is 52.5 Å². The lowest BCUT2D eigenvalue weighted by Crippen LogP contribution is -2.68. The third-order valence-electron chi connectivity index (χ3n) is 8.94. The Labute approximate surface area is 231 Å². The zero-order valence-electron chi connectivity index (χ0n) is 23.2. The summed E-state index contributed by atoms with van der Waals surface area (Å²) in [6, 6.07) is 12.6. The van der Waals surface area contributed by atoms with Crippen LogP contribution in [0.15, 0.2) is 36.4 Å². The quantitative estimate of drug-likeness (QED) is 0.377. The number of methoxy groups -OCH3 is 2. The summed E-state index contributed by atoms with van der Waals surface area (Å²) in [5.41, 5.74) is 0.702. The van der Waals surface area contributed by atoms with Crippen LogP contribution in [0.1, 0.15) is 68.8 Å². The Hall–Kier alpha value is -2.28. The highest BCUT2D eigenvalue weighted by Crippen LogP contribution is 2.56. The average molecular weight is 542 g/mol. The number of hydrogen-bond donors (Lipinski definition) is 0. The van der Waals surface area contributed by atoms with Gasteiger partial charge in [-0.1, -0.05) is 55.3 Å². The summed E-state index contributed by atoms with van der Waals surface area (Å²) >= 11 is 6.75. The van der Waals surface area contributed by atoms with E-state index in [-0.39, 0.29) is 23.8 Å². The van der Waals surface area contributed by atoms with E-state index in [1.54, 1.807) is 20.3 Å². The smallest absolute Gasteiger partial charge is 0.180 e. The van der Waals surface area contributed by atoms with E-state index in [1.165, 1.54) is 0 Å². The largest absolute Gasteiger partial charge is 0.496 e. The number of rotatable bonds is 8. The first kappa shape index (κ1) is 27.3. The van der Waals surface area contributed by atoms with Gasteiger partial charge in [-0.3, -0.25) is 9.69 Å². The van der Waals surface area contributed by atoms with E-state index in [2.05, 4.69) is 37.8 Å². The molecule has 0 radical (unpaired) electrons. The predicted octanol–water partition coefficient (Wildman–Crippen LogP) is 6.57. The Morgan fingerprint density at radius 1 is 1.13 bits per heavy atom. The molecule has 0 amide bonds. The van der Waals surface area contributed by atoms with E-state index >= 15 is 0 Å². The van der Waals surface area contributed by atoms with Gasteiger partial charge in [0, 0.05) is 30.5 Å². The first-order valence-electron chi connectivity index (χ1n) is 13.9. The summed E-state index contributed by atoms with van der Waals surface area (Å²) in [6.45, 7) is 8.12. The maximum Gasteiger partial charge on any atom is 0.180 e. The van der Waals surface area contributed by atoms with Gasteiger partial charge < -0.3 is 18.9 Å². The molecule has 7 heteroatoms. The van der Waals surface area contributed by atoms with E-state index < -0.39 is 11.5 Å². The molecular weight excluding hydrogens is 502 g/mol. The molecule has 1 aliphatic carbocycles. The molecular formula is C31H40ClNO5. The number of nitrogens with zero attached hydrogens (tertiary/aromatic N) is 1. The van der Waals surface area contributed by atoms with Crippen LogP contribution in [-0.4, -0.2) is 55.2 Å². The van der Waals surface area contributed by atoms with Crippen molar-refractivity contribution < 1.29 is 23.7 Å². The topological polar surface area (TPSA) is 57.2 Å². The van der Waals surface area contributed by atoms with Crippen LogP contribution < -0.4 is 14.2 Å². The van der Waals surface area contributed by atoms with Crippen LogP contribution in [0.25, 0.3) is 0 Å². The fourth-order valence-corrected chi connectivity index (χ4v) is 7.28. The number of hydrogen-bond acceptors (Lipinski definition) is 6. The Kier molecular flexibility index (Phi) is 7.95. The van der Waals surface area contributed by atoms with Gasteiger partial charge in [-0.25, -0.2) is 0 Å². The molecule has 3 aliphatic rings. The van der Waals surface area contributed by atoms with Crippen LogP contribution in [0, 0.1) is 11.8 Å². The van der Waals surface area contributed by atoms with E-state index in [1.807, 2.05) is 18.2 Å². The summed E-state index contributed by atoms with van der Waals surface area (Å²) in [5.74, 6) is 0.942. The van der Waals surface area contributed by atoms with Gasteiger partial charge in [-0.05, 0) is 45.2 Å². The number of halogens is 1. The molecule has 0 spiro atoms. The molecule has 2 heterocycles. The minimum Gasteiger partial charge on any atom is -0.496 e. The Morgan fingerprint density at radius 2 is 1.87 bits per heavy atom. The predicted molar refractivity (Wildman–Crippen MR) is 149 cm³/mol. The fourth-order valence-electron chi connectivity index (χ4n) is 7.01. The minimum atomic E-state index is -0.783. The second-order valence-electron chi connectivity index (χ2n) is 11.3. The zero-order chi connectivity index (χ0) is 27.0. The summed E-state index contributed by atoms with van der Waals surface area (Å²) in [5, 5.41) is 0.306. The summed E-state index contributed by atoms with van der Waals surface area (Å²) in [7, 11) is 3.11. The van der Waals surface area contributed by atoms with Crippen molar-refractivity contribution in [1.82, 2.24) is 4.90 Å². The first-order valence-corrected chi connectivity index (χ1v) is 14.3. The number of benzene rings is 2. The van der Waals surface area contributed by atoms with Gasteiger partial charge in [0.15, 0.2) is 11.5 Å². The molecule has 2 fully saturated rings. The number of unbranched alkanes of at least 4 members (excludes halogenated alkanes) is 1. The molecule has 1 saturated carbocycles. The second-order valence-corrected chi connectivity index (χ2v) is 11.6. The van der Waals surface area contributed by atoms with E-state index in [0.717, 1.165) is 44.2 Å². The van der Waals surface area contributed by atoms with Crippen molar-refractivity contribution in [2.45, 2.75) is 83.3 Å².